The highest BCUT2D eigenvalue weighted by atomic mass is 32.2. The summed E-state index contributed by atoms with van der Waals surface area (Å²) in [7, 11) is 0. The van der Waals surface area contributed by atoms with Gasteiger partial charge in [0.1, 0.15) is 5.82 Å². The SMILES string of the molecule is CCN1C(=O)/C(=C/c2cccc(F)c2)S/C1=N/c1nccs1. The Bertz CT molecular complexity index is 756. The second kappa shape index (κ2) is 6.41. The van der Waals surface area contributed by atoms with Crippen LogP contribution in [0, 0.1) is 5.82 Å². The summed E-state index contributed by atoms with van der Waals surface area (Å²) in [5.41, 5.74) is 0.655. The van der Waals surface area contributed by atoms with Crippen LogP contribution in [0.25, 0.3) is 6.08 Å². The number of amidine groups is 1. The Morgan fingerprint density at radius 3 is 3.00 bits per heavy atom. The monoisotopic (exact) mass is 333 g/mol. The van der Waals surface area contributed by atoms with Crippen molar-refractivity contribution in [3.63, 3.8) is 0 Å². The number of aliphatic imine (C=N–C) groups is 1. The first kappa shape index (κ1) is 14.9. The van der Waals surface area contributed by atoms with E-state index in [2.05, 4.69) is 9.98 Å². The van der Waals surface area contributed by atoms with Crippen LogP contribution < -0.4 is 0 Å². The lowest BCUT2D eigenvalue weighted by molar-refractivity contribution is -0.122. The van der Waals surface area contributed by atoms with Gasteiger partial charge < -0.3 is 0 Å². The van der Waals surface area contributed by atoms with Gasteiger partial charge in [-0.1, -0.05) is 12.1 Å². The third kappa shape index (κ3) is 3.10. The number of halogens is 1. The van der Waals surface area contributed by atoms with Crippen LogP contribution in [0.15, 0.2) is 45.7 Å². The molecule has 1 aliphatic rings. The smallest absolute Gasteiger partial charge is 0.266 e. The molecule has 4 nitrogen and oxygen atoms in total. The molecule has 3 rings (SSSR count). The summed E-state index contributed by atoms with van der Waals surface area (Å²) in [6.07, 6.45) is 3.36. The number of hydrogen-bond donors (Lipinski definition) is 0. The molecule has 0 spiro atoms. The van der Waals surface area contributed by atoms with Gasteiger partial charge in [-0.25, -0.2) is 9.37 Å². The molecule has 2 aromatic rings. The number of thiazole rings is 1. The van der Waals surface area contributed by atoms with E-state index in [9.17, 15) is 9.18 Å². The molecular formula is C15H12FN3OS2. The molecule has 0 unspecified atom stereocenters. The fourth-order valence-corrected chi connectivity index (χ4v) is 3.58. The van der Waals surface area contributed by atoms with Crippen molar-refractivity contribution in [2.75, 3.05) is 6.54 Å². The van der Waals surface area contributed by atoms with Crippen LogP contribution in [0.3, 0.4) is 0 Å². The average Bonchev–Trinajstić information content (AvgIpc) is 3.09. The van der Waals surface area contributed by atoms with Gasteiger partial charge in [0.2, 0.25) is 5.13 Å². The summed E-state index contributed by atoms with van der Waals surface area (Å²) >= 11 is 2.69. The van der Waals surface area contributed by atoms with Gasteiger partial charge in [-0.15, -0.1) is 11.3 Å². The molecule has 1 saturated heterocycles. The molecule has 22 heavy (non-hydrogen) atoms. The Morgan fingerprint density at radius 2 is 2.32 bits per heavy atom. The summed E-state index contributed by atoms with van der Waals surface area (Å²) < 4.78 is 13.2. The molecule has 0 saturated carbocycles. The Morgan fingerprint density at radius 1 is 1.45 bits per heavy atom. The van der Waals surface area contributed by atoms with E-state index in [4.69, 9.17) is 0 Å². The molecule has 0 atom stereocenters. The highest BCUT2D eigenvalue weighted by Crippen LogP contribution is 2.34. The normalized spacial score (nSPS) is 18.6. The van der Waals surface area contributed by atoms with Crippen LogP contribution in [-0.4, -0.2) is 27.5 Å². The second-order valence-corrected chi connectivity index (χ2v) is 6.31. The fourth-order valence-electron chi connectivity index (χ4n) is 1.97. The molecule has 7 heteroatoms. The third-order valence-corrected chi connectivity index (χ3v) is 4.63. The Kier molecular flexibility index (Phi) is 4.35. The molecular weight excluding hydrogens is 321 g/mol. The van der Waals surface area contributed by atoms with Crippen LogP contribution in [0.1, 0.15) is 12.5 Å². The molecule has 112 valence electrons. The topological polar surface area (TPSA) is 45.6 Å². The van der Waals surface area contributed by atoms with Crippen molar-refractivity contribution in [3.8, 4) is 0 Å². The van der Waals surface area contributed by atoms with Gasteiger partial charge >= 0.3 is 0 Å². The van der Waals surface area contributed by atoms with Crippen molar-refractivity contribution in [2.24, 2.45) is 4.99 Å². The number of benzene rings is 1. The molecule has 1 amide bonds. The van der Waals surface area contributed by atoms with Crippen LogP contribution in [0.5, 0.6) is 0 Å². The zero-order valence-corrected chi connectivity index (χ0v) is 13.3. The maximum absolute atomic E-state index is 13.2. The summed E-state index contributed by atoms with van der Waals surface area (Å²) in [5.74, 6) is -0.444. The molecule has 1 fully saturated rings. The van der Waals surface area contributed by atoms with Crippen LogP contribution in [0.2, 0.25) is 0 Å². The molecule has 1 aromatic heterocycles. The standard InChI is InChI=1S/C15H12FN3OS2/c1-2-19-13(20)12(9-10-4-3-5-11(16)8-10)22-15(19)18-14-17-6-7-21-14/h3-9H,2H2,1H3/b12-9-,18-15+. The molecule has 2 heterocycles. The van der Waals surface area contributed by atoms with Crippen LogP contribution in [-0.2, 0) is 4.79 Å². The first-order chi connectivity index (χ1) is 10.7. The van der Waals surface area contributed by atoms with Gasteiger partial charge in [0.05, 0.1) is 4.91 Å². The number of likely N-dealkylation sites (N-methyl/N-ethyl adjacent to an activating group) is 1. The summed E-state index contributed by atoms with van der Waals surface area (Å²) in [5, 5.41) is 3.05. The number of carbonyl (C=O) groups is 1. The number of amides is 1. The first-order valence-corrected chi connectivity index (χ1v) is 8.32. The maximum Gasteiger partial charge on any atom is 0.266 e. The summed E-state index contributed by atoms with van der Waals surface area (Å²) in [6.45, 7) is 2.41. The Hall–Kier alpha value is -1.99. The van der Waals surface area contributed by atoms with Crippen LogP contribution in [0.4, 0.5) is 9.52 Å². The minimum absolute atomic E-state index is 0.118. The predicted molar refractivity (Wildman–Crippen MR) is 88.6 cm³/mol. The van der Waals surface area contributed by atoms with Gasteiger partial charge in [-0.3, -0.25) is 9.69 Å². The van der Waals surface area contributed by atoms with Crippen molar-refractivity contribution < 1.29 is 9.18 Å². The van der Waals surface area contributed by atoms with E-state index in [1.807, 2.05) is 12.3 Å². The van der Waals surface area contributed by atoms with Crippen molar-refractivity contribution in [1.82, 2.24) is 9.88 Å². The van der Waals surface area contributed by atoms with E-state index in [-0.39, 0.29) is 11.7 Å². The molecule has 1 aromatic carbocycles. The van der Waals surface area contributed by atoms with Gasteiger partial charge in [0.15, 0.2) is 5.17 Å². The van der Waals surface area contributed by atoms with Gasteiger partial charge in [-0.2, -0.15) is 4.99 Å². The van der Waals surface area contributed by atoms with Gasteiger partial charge in [-0.05, 0) is 42.5 Å². The highest BCUT2D eigenvalue weighted by Gasteiger charge is 2.32. The summed E-state index contributed by atoms with van der Waals surface area (Å²) in [6, 6.07) is 6.15. The van der Waals surface area contributed by atoms with Crippen molar-refractivity contribution in [1.29, 1.82) is 0 Å². The highest BCUT2D eigenvalue weighted by molar-refractivity contribution is 8.18. The number of hydrogen-bond acceptors (Lipinski definition) is 5. The number of rotatable bonds is 3. The molecule has 0 N–H and O–H groups in total. The van der Waals surface area contributed by atoms with E-state index in [1.165, 1.54) is 35.2 Å². The summed E-state index contributed by atoms with van der Waals surface area (Å²) in [4.78, 5) is 23.0. The molecule has 0 radical (unpaired) electrons. The lowest BCUT2D eigenvalue weighted by atomic mass is 10.2. The van der Waals surface area contributed by atoms with E-state index in [0.717, 1.165) is 0 Å². The van der Waals surface area contributed by atoms with Crippen molar-refractivity contribution in [2.45, 2.75) is 6.92 Å². The molecule has 0 bridgehead atoms. The zero-order chi connectivity index (χ0) is 15.5. The second-order valence-electron chi connectivity index (χ2n) is 4.42. The average molecular weight is 333 g/mol. The van der Waals surface area contributed by atoms with Crippen molar-refractivity contribution in [3.05, 3.63) is 52.1 Å². The largest absolute Gasteiger partial charge is 0.287 e. The minimum atomic E-state index is -0.325. The number of carbonyl (C=O) groups excluding carboxylic acids is 1. The van der Waals surface area contributed by atoms with E-state index < -0.39 is 0 Å². The molecule has 1 aliphatic heterocycles. The lowest BCUT2D eigenvalue weighted by Gasteiger charge is -2.11. The quantitative estimate of drug-likeness (QED) is 0.800. The van der Waals surface area contributed by atoms with Gasteiger partial charge in [0.25, 0.3) is 5.91 Å². The van der Waals surface area contributed by atoms with E-state index in [1.54, 1.807) is 29.3 Å². The van der Waals surface area contributed by atoms with Crippen molar-refractivity contribution >= 4 is 45.4 Å². The van der Waals surface area contributed by atoms with Gasteiger partial charge in [0, 0.05) is 18.1 Å². The van der Waals surface area contributed by atoms with Crippen LogP contribution >= 0.6 is 23.1 Å². The first-order valence-electron chi connectivity index (χ1n) is 6.62. The third-order valence-electron chi connectivity index (χ3n) is 2.96. The number of thioether (sulfide) groups is 1. The number of aromatic nitrogens is 1. The lowest BCUT2D eigenvalue weighted by Crippen LogP contribution is -2.28. The zero-order valence-electron chi connectivity index (χ0n) is 11.7. The predicted octanol–water partition coefficient (Wildman–Crippen LogP) is 3.91. The van der Waals surface area contributed by atoms with E-state index in [0.29, 0.717) is 27.3 Å². The minimum Gasteiger partial charge on any atom is -0.287 e. The maximum atomic E-state index is 13.2. The van der Waals surface area contributed by atoms with E-state index >= 15 is 0 Å². The molecule has 0 aliphatic carbocycles. The Labute approximate surface area is 135 Å². The Balaban J connectivity index is 1.93. The fraction of sp³-hybridized carbons (Fsp3) is 0.133. The number of nitrogens with zero attached hydrogens (tertiary/aromatic N) is 3.